The molecule has 1 aliphatic rings. The van der Waals surface area contributed by atoms with Gasteiger partial charge < -0.3 is 15.5 Å². The van der Waals surface area contributed by atoms with Gasteiger partial charge >= 0.3 is 0 Å². The van der Waals surface area contributed by atoms with Crippen LogP contribution in [0, 0.1) is 13.8 Å². The maximum atomic E-state index is 5.87. The number of hydrogen-bond donors (Lipinski definition) is 1. The van der Waals surface area contributed by atoms with Crippen molar-refractivity contribution < 1.29 is 0 Å². The van der Waals surface area contributed by atoms with Gasteiger partial charge in [0.25, 0.3) is 0 Å². The second kappa shape index (κ2) is 5.79. The van der Waals surface area contributed by atoms with Crippen molar-refractivity contribution in [1.82, 2.24) is 15.1 Å². The van der Waals surface area contributed by atoms with Crippen LogP contribution >= 0.6 is 12.2 Å². The van der Waals surface area contributed by atoms with E-state index in [9.17, 15) is 0 Å². The van der Waals surface area contributed by atoms with Gasteiger partial charge in [0.15, 0.2) is 5.82 Å². The number of nitrogens with two attached hydrogens (primary N) is 1. The Bertz CT molecular complexity index is 480. The normalized spacial score (nSPS) is 16.7. The van der Waals surface area contributed by atoms with Crippen molar-refractivity contribution in [2.75, 3.05) is 37.6 Å². The molecule has 19 heavy (non-hydrogen) atoms. The molecular formula is C13H21N5S. The third-order valence-corrected chi connectivity index (χ3v) is 4.01. The molecule has 0 aliphatic carbocycles. The van der Waals surface area contributed by atoms with Crippen LogP contribution in [0.15, 0.2) is 0 Å². The number of anilines is 1. The van der Waals surface area contributed by atoms with Gasteiger partial charge in [-0.3, -0.25) is 0 Å². The predicted molar refractivity (Wildman–Crippen MR) is 81.7 cm³/mol. The van der Waals surface area contributed by atoms with Crippen LogP contribution in [0.5, 0.6) is 0 Å². The predicted octanol–water partition coefficient (Wildman–Crippen LogP) is 0.870. The lowest BCUT2D eigenvalue weighted by Crippen LogP contribution is -2.47. The molecule has 0 amide bonds. The molecule has 104 valence electrons. The van der Waals surface area contributed by atoms with E-state index in [0.29, 0.717) is 4.99 Å². The molecule has 0 atom stereocenters. The molecule has 0 aromatic carbocycles. The average molecular weight is 279 g/mol. The van der Waals surface area contributed by atoms with E-state index < -0.39 is 0 Å². The molecule has 1 aliphatic heterocycles. The zero-order valence-electron chi connectivity index (χ0n) is 11.8. The minimum Gasteiger partial charge on any atom is -0.389 e. The monoisotopic (exact) mass is 279 g/mol. The summed E-state index contributed by atoms with van der Waals surface area (Å²) in [7, 11) is 0. The van der Waals surface area contributed by atoms with E-state index in [1.165, 1.54) is 0 Å². The maximum absolute atomic E-state index is 5.87. The summed E-state index contributed by atoms with van der Waals surface area (Å²) >= 11 is 5.18. The molecule has 0 radical (unpaired) electrons. The van der Waals surface area contributed by atoms with Crippen LogP contribution in [0.3, 0.4) is 0 Å². The van der Waals surface area contributed by atoms with Gasteiger partial charge in [0.2, 0.25) is 0 Å². The summed E-state index contributed by atoms with van der Waals surface area (Å²) in [5, 5.41) is 8.54. The fourth-order valence-corrected chi connectivity index (χ4v) is 2.63. The molecular weight excluding hydrogens is 258 g/mol. The molecule has 0 bridgehead atoms. The number of piperazine rings is 1. The first kappa shape index (κ1) is 14.1. The molecule has 0 spiro atoms. The fraction of sp³-hybridized carbons (Fsp3) is 0.615. The lowest BCUT2D eigenvalue weighted by Gasteiger charge is -2.35. The second-order valence-corrected chi connectivity index (χ2v) is 5.33. The van der Waals surface area contributed by atoms with E-state index in [1.807, 2.05) is 13.8 Å². The molecule has 5 nitrogen and oxygen atoms in total. The molecule has 2 rings (SSSR count). The van der Waals surface area contributed by atoms with Crippen molar-refractivity contribution in [2.24, 2.45) is 5.73 Å². The molecule has 0 unspecified atom stereocenters. The van der Waals surface area contributed by atoms with Crippen LogP contribution < -0.4 is 10.6 Å². The summed E-state index contributed by atoms with van der Waals surface area (Å²) in [4.78, 5) is 5.06. The van der Waals surface area contributed by atoms with Crippen LogP contribution in [-0.4, -0.2) is 52.8 Å². The number of aromatic nitrogens is 2. The number of rotatable bonds is 3. The molecule has 0 saturated carbocycles. The number of thiocarbonyl (C=S) groups is 1. The third kappa shape index (κ3) is 2.84. The van der Waals surface area contributed by atoms with E-state index in [2.05, 4.69) is 26.9 Å². The van der Waals surface area contributed by atoms with Crippen molar-refractivity contribution in [2.45, 2.75) is 20.8 Å². The van der Waals surface area contributed by atoms with Crippen LogP contribution in [0.4, 0.5) is 5.82 Å². The third-order valence-electron chi connectivity index (χ3n) is 3.80. The molecule has 2 heterocycles. The summed E-state index contributed by atoms with van der Waals surface area (Å²) in [6.45, 7) is 11.2. The van der Waals surface area contributed by atoms with Crippen molar-refractivity contribution in [1.29, 1.82) is 0 Å². The Morgan fingerprint density at radius 2 is 1.84 bits per heavy atom. The van der Waals surface area contributed by atoms with Crippen LogP contribution in [-0.2, 0) is 0 Å². The first-order valence-corrected chi connectivity index (χ1v) is 7.06. The van der Waals surface area contributed by atoms with Gasteiger partial charge in [-0.1, -0.05) is 19.1 Å². The Balaban J connectivity index is 2.30. The Morgan fingerprint density at radius 3 is 2.37 bits per heavy atom. The maximum Gasteiger partial charge on any atom is 0.161 e. The Hall–Kier alpha value is -1.27. The Kier molecular flexibility index (Phi) is 4.31. The van der Waals surface area contributed by atoms with Gasteiger partial charge in [-0.05, 0) is 26.0 Å². The number of nitrogens with zero attached hydrogens (tertiary/aromatic N) is 4. The number of aryl methyl sites for hydroxylation is 1. The van der Waals surface area contributed by atoms with E-state index in [1.54, 1.807) is 0 Å². The molecule has 1 fully saturated rings. The van der Waals surface area contributed by atoms with Crippen molar-refractivity contribution in [3.63, 3.8) is 0 Å². The topological polar surface area (TPSA) is 58.3 Å². The summed E-state index contributed by atoms with van der Waals surface area (Å²) in [6.07, 6.45) is 0. The van der Waals surface area contributed by atoms with E-state index >= 15 is 0 Å². The zero-order valence-corrected chi connectivity index (χ0v) is 12.6. The highest BCUT2D eigenvalue weighted by Gasteiger charge is 2.22. The highest BCUT2D eigenvalue weighted by Crippen LogP contribution is 2.23. The summed E-state index contributed by atoms with van der Waals surface area (Å²) in [5.74, 6) is 0.839. The van der Waals surface area contributed by atoms with Crippen molar-refractivity contribution in [3.8, 4) is 0 Å². The minimum absolute atomic E-state index is 0.406. The standard InChI is InChI=1S/C13H21N5S/c1-4-17-5-7-18(8-6-17)13-11(12(14)19)9(2)10(3)15-16-13/h4-8H2,1-3H3,(H2,14,19). The fourth-order valence-electron chi connectivity index (χ4n) is 2.39. The highest BCUT2D eigenvalue weighted by molar-refractivity contribution is 7.80. The summed E-state index contributed by atoms with van der Waals surface area (Å²) in [6, 6.07) is 0. The van der Waals surface area contributed by atoms with Crippen LogP contribution in [0.25, 0.3) is 0 Å². The van der Waals surface area contributed by atoms with Gasteiger partial charge in [-0.15, -0.1) is 5.10 Å². The quantitative estimate of drug-likeness (QED) is 0.829. The van der Waals surface area contributed by atoms with Crippen LogP contribution in [0.1, 0.15) is 23.7 Å². The molecule has 1 aromatic heterocycles. The molecule has 6 heteroatoms. The SMILES string of the molecule is CCN1CCN(c2nnc(C)c(C)c2C(N)=S)CC1. The van der Waals surface area contributed by atoms with Gasteiger partial charge in [-0.2, -0.15) is 5.10 Å². The zero-order chi connectivity index (χ0) is 14.0. The number of hydrogen-bond acceptors (Lipinski definition) is 5. The first-order chi connectivity index (χ1) is 9.04. The largest absolute Gasteiger partial charge is 0.389 e. The van der Waals surface area contributed by atoms with E-state index in [-0.39, 0.29) is 0 Å². The lowest BCUT2D eigenvalue weighted by molar-refractivity contribution is 0.270. The molecule has 1 aromatic rings. The van der Waals surface area contributed by atoms with Gasteiger partial charge in [0.1, 0.15) is 4.99 Å². The number of likely N-dealkylation sites (N-methyl/N-ethyl adjacent to an activating group) is 1. The lowest BCUT2D eigenvalue weighted by atomic mass is 10.1. The summed E-state index contributed by atoms with van der Waals surface area (Å²) in [5.41, 5.74) is 8.68. The summed E-state index contributed by atoms with van der Waals surface area (Å²) < 4.78 is 0. The van der Waals surface area contributed by atoms with Gasteiger partial charge in [0.05, 0.1) is 11.3 Å². The Labute approximate surface area is 119 Å². The second-order valence-electron chi connectivity index (χ2n) is 4.89. The van der Waals surface area contributed by atoms with Crippen LogP contribution in [0.2, 0.25) is 0 Å². The molecule has 2 N–H and O–H groups in total. The smallest absolute Gasteiger partial charge is 0.161 e. The van der Waals surface area contributed by atoms with Crippen molar-refractivity contribution >= 4 is 23.0 Å². The molecule has 1 saturated heterocycles. The highest BCUT2D eigenvalue weighted by atomic mass is 32.1. The first-order valence-electron chi connectivity index (χ1n) is 6.65. The van der Waals surface area contributed by atoms with Gasteiger partial charge in [-0.25, -0.2) is 0 Å². The minimum atomic E-state index is 0.406. The van der Waals surface area contributed by atoms with Gasteiger partial charge in [0, 0.05) is 26.2 Å². The average Bonchev–Trinajstić information content (AvgIpc) is 2.41. The Morgan fingerprint density at radius 1 is 1.21 bits per heavy atom. The van der Waals surface area contributed by atoms with Crippen molar-refractivity contribution in [3.05, 3.63) is 16.8 Å². The van der Waals surface area contributed by atoms with E-state index in [0.717, 1.165) is 55.4 Å². The van der Waals surface area contributed by atoms with E-state index in [4.69, 9.17) is 18.0 Å².